The summed E-state index contributed by atoms with van der Waals surface area (Å²) in [6.07, 6.45) is 2.62. The van der Waals surface area contributed by atoms with Crippen molar-refractivity contribution in [3.05, 3.63) is 34.4 Å². The molecule has 0 saturated carbocycles. The largest absolute Gasteiger partial charge is 0.316 e. The van der Waals surface area contributed by atoms with Crippen LogP contribution in [0.3, 0.4) is 0 Å². The molecule has 0 aromatic heterocycles. The second-order valence-electron chi connectivity index (χ2n) is 6.84. The molecule has 0 bridgehead atoms. The first-order valence-corrected chi connectivity index (χ1v) is 7.36. The summed E-state index contributed by atoms with van der Waals surface area (Å²) in [6.45, 7) is 11.8. The fraction of sp³-hybridized carbons (Fsp3) is 0.647. The molecule has 1 aromatic rings. The molecule has 98 valence electrons. The van der Waals surface area contributed by atoms with Gasteiger partial charge in [-0.05, 0) is 53.4 Å². The van der Waals surface area contributed by atoms with Crippen LogP contribution in [0.5, 0.6) is 0 Å². The van der Waals surface area contributed by atoms with E-state index in [1.54, 1.807) is 22.3 Å². The summed E-state index contributed by atoms with van der Waals surface area (Å²) >= 11 is 0. The Balaban J connectivity index is 2.10. The first-order valence-electron chi connectivity index (χ1n) is 7.36. The predicted octanol–water partition coefficient (Wildman–Crippen LogP) is 3.76. The van der Waals surface area contributed by atoms with Gasteiger partial charge in [0.1, 0.15) is 0 Å². The maximum atomic E-state index is 3.60. The van der Waals surface area contributed by atoms with Crippen molar-refractivity contribution >= 4 is 0 Å². The zero-order chi connectivity index (χ0) is 12.9. The molecular weight excluding hydrogens is 218 g/mol. The number of fused-ring (bicyclic) bond motifs is 3. The molecule has 1 heteroatoms. The fourth-order valence-electron chi connectivity index (χ4n) is 4.11. The van der Waals surface area contributed by atoms with Crippen LogP contribution in [-0.4, -0.2) is 13.1 Å². The smallest absolute Gasteiger partial charge is 0.00323 e. The Kier molecular flexibility index (Phi) is 2.78. The summed E-state index contributed by atoms with van der Waals surface area (Å²) in [5.74, 6) is 1.38. The zero-order valence-electron chi connectivity index (χ0n) is 12.1. The van der Waals surface area contributed by atoms with Crippen molar-refractivity contribution < 1.29 is 0 Å². The highest BCUT2D eigenvalue weighted by molar-refractivity contribution is 5.46. The monoisotopic (exact) mass is 243 g/mol. The average molecular weight is 243 g/mol. The molecule has 1 fully saturated rings. The van der Waals surface area contributed by atoms with E-state index in [0.29, 0.717) is 11.3 Å². The molecule has 0 amide bonds. The van der Waals surface area contributed by atoms with Crippen molar-refractivity contribution in [3.8, 4) is 0 Å². The highest BCUT2D eigenvalue weighted by Crippen LogP contribution is 2.48. The van der Waals surface area contributed by atoms with E-state index < -0.39 is 0 Å². The van der Waals surface area contributed by atoms with Gasteiger partial charge in [-0.1, -0.05) is 32.9 Å². The average Bonchev–Trinajstić information content (AvgIpc) is 2.71. The second kappa shape index (κ2) is 4.09. The topological polar surface area (TPSA) is 12.0 Å². The summed E-state index contributed by atoms with van der Waals surface area (Å²) in [5.41, 5.74) is 6.90. The minimum Gasteiger partial charge on any atom is -0.316 e. The van der Waals surface area contributed by atoms with Crippen molar-refractivity contribution in [1.29, 1.82) is 0 Å². The van der Waals surface area contributed by atoms with Crippen molar-refractivity contribution in [2.75, 3.05) is 13.1 Å². The van der Waals surface area contributed by atoms with E-state index in [9.17, 15) is 0 Å². The quantitative estimate of drug-likeness (QED) is 0.792. The van der Waals surface area contributed by atoms with Gasteiger partial charge in [-0.3, -0.25) is 0 Å². The molecule has 2 aliphatic rings. The van der Waals surface area contributed by atoms with Gasteiger partial charge in [-0.25, -0.2) is 0 Å². The Labute approximate surface area is 111 Å². The molecule has 1 heterocycles. The van der Waals surface area contributed by atoms with Gasteiger partial charge in [0, 0.05) is 19.0 Å². The number of benzene rings is 1. The maximum Gasteiger partial charge on any atom is 0.00323 e. The Morgan fingerprint density at radius 2 is 2.11 bits per heavy atom. The van der Waals surface area contributed by atoms with E-state index in [1.807, 2.05) is 0 Å². The molecule has 2 atom stereocenters. The third kappa shape index (κ3) is 1.64. The van der Waals surface area contributed by atoms with Gasteiger partial charge in [0.15, 0.2) is 0 Å². The van der Waals surface area contributed by atoms with Gasteiger partial charge in [0.05, 0.1) is 0 Å². The van der Waals surface area contributed by atoms with Crippen LogP contribution in [0.15, 0.2) is 12.1 Å². The van der Waals surface area contributed by atoms with Crippen molar-refractivity contribution in [2.45, 2.75) is 52.4 Å². The van der Waals surface area contributed by atoms with Crippen LogP contribution < -0.4 is 5.32 Å². The van der Waals surface area contributed by atoms with Crippen LogP contribution in [0.2, 0.25) is 0 Å². The van der Waals surface area contributed by atoms with Crippen molar-refractivity contribution in [2.24, 2.45) is 5.41 Å². The third-order valence-corrected chi connectivity index (χ3v) is 5.34. The number of rotatable bonds is 1. The normalized spacial score (nSPS) is 30.4. The number of hydrogen-bond acceptors (Lipinski definition) is 1. The predicted molar refractivity (Wildman–Crippen MR) is 77.3 cm³/mol. The van der Waals surface area contributed by atoms with Crippen LogP contribution in [-0.2, 0) is 6.42 Å². The summed E-state index contributed by atoms with van der Waals surface area (Å²) in [6, 6.07) is 4.80. The molecule has 1 aliphatic heterocycles. The molecule has 1 aliphatic carbocycles. The minimum absolute atomic E-state index is 0.499. The maximum absolute atomic E-state index is 3.60. The first-order chi connectivity index (χ1) is 8.53. The minimum atomic E-state index is 0.499. The van der Waals surface area contributed by atoms with E-state index in [-0.39, 0.29) is 0 Å². The van der Waals surface area contributed by atoms with Gasteiger partial charge in [0.25, 0.3) is 0 Å². The van der Waals surface area contributed by atoms with Crippen LogP contribution in [0.4, 0.5) is 0 Å². The van der Waals surface area contributed by atoms with Crippen LogP contribution in [0.1, 0.15) is 61.3 Å². The van der Waals surface area contributed by atoms with Crippen molar-refractivity contribution in [3.63, 3.8) is 0 Å². The van der Waals surface area contributed by atoms with E-state index in [1.165, 1.54) is 25.9 Å². The van der Waals surface area contributed by atoms with Crippen LogP contribution in [0.25, 0.3) is 0 Å². The van der Waals surface area contributed by atoms with E-state index in [4.69, 9.17) is 0 Å². The van der Waals surface area contributed by atoms with E-state index in [0.717, 1.165) is 5.92 Å². The molecule has 1 N–H and O–H groups in total. The molecule has 1 saturated heterocycles. The summed E-state index contributed by atoms with van der Waals surface area (Å²) in [7, 11) is 0. The molecule has 3 rings (SSSR count). The third-order valence-electron chi connectivity index (χ3n) is 5.34. The number of nitrogens with one attached hydrogen (secondary N) is 1. The fourth-order valence-corrected chi connectivity index (χ4v) is 4.11. The Hall–Kier alpha value is -0.820. The van der Waals surface area contributed by atoms with Gasteiger partial charge in [-0.15, -0.1) is 0 Å². The standard InChI is InChI=1S/C17H25N/c1-11(2)13-5-6-15-14(12(13)3)7-8-17(4)10-18-9-16(15)17/h5-6,11,16,18H,7-10H2,1-4H3/t16-,17-/m0/s1. The van der Waals surface area contributed by atoms with Crippen molar-refractivity contribution in [1.82, 2.24) is 5.32 Å². The molecule has 0 unspecified atom stereocenters. The van der Waals surface area contributed by atoms with Gasteiger partial charge >= 0.3 is 0 Å². The summed E-state index contributed by atoms with van der Waals surface area (Å²) < 4.78 is 0. The summed E-state index contributed by atoms with van der Waals surface area (Å²) in [4.78, 5) is 0. The molecule has 1 aromatic carbocycles. The highest BCUT2D eigenvalue weighted by atomic mass is 14.9. The van der Waals surface area contributed by atoms with E-state index in [2.05, 4.69) is 45.1 Å². The zero-order valence-corrected chi connectivity index (χ0v) is 12.1. The molecule has 0 radical (unpaired) electrons. The Morgan fingerprint density at radius 1 is 1.33 bits per heavy atom. The number of hydrogen-bond donors (Lipinski definition) is 1. The first kappa shape index (κ1) is 12.2. The molecule has 0 spiro atoms. The lowest BCUT2D eigenvalue weighted by molar-refractivity contribution is 0.277. The van der Waals surface area contributed by atoms with Crippen LogP contribution in [0, 0.1) is 12.3 Å². The molecule has 1 nitrogen and oxygen atoms in total. The SMILES string of the molecule is Cc1c(C(C)C)ccc2c1CC[C@@]1(C)CNC[C@@H]21. The lowest BCUT2D eigenvalue weighted by atomic mass is 9.66. The Bertz CT molecular complexity index is 475. The summed E-state index contributed by atoms with van der Waals surface area (Å²) in [5, 5.41) is 3.60. The van der Waals surface area contributed by atoms with Gasteiger partial charge in [0.2, 0.25) is 0 Å². The highest BCUT2D eigenvalue weighted by Gasteiger charge is 2.43. The van der Waals surface area contributed by atoms with E-state index >= 15 is 0 Å². The van der Waals surface area contributed by atoms with Gasteiger partial charge < -0.3 is 5.32 Å². The lowest BCUT2D eigenvalue weighted by Gasteiger charge is -2.38. The molecular formula is C17H25N. The van der Waals surface area contributed by atoms with Gasteiger partial charge in [-0.2, -0.15) is 0 Å². The Morgan fingerprint density at radius 3 is 2.83 bits per heavy atom. The molecule has 18 heavy (non-hydrogen) atoms. The second-order valence-corrected chi connectivity index (χ2v) is 6.84. The lowest BCUT2D eigenvalue weighted by Crippen LogP contribution is -2.30. The van der Waals surface area contributed by atoms with Crippen LogP contribution >= 0.6 is 0 Å².